The topological polar surface area (TPSA) is 45.2 Å². The second kappa shape index (κ2) is 6.35. The van der Waals surface area contributed by atoms with Gasteiger partial charge in [0, 0.05) is 31.5 Å². The molecular formula is C16H23N3O. The van der Waals surface area contributed by atoms with E-state index in [0.29, 0.717) is 12.5 Å². The largest absolute Gasteiger partial charge is 0.341 e. The van der Waals surface area contributed by atoms with Gasteiger partial charge in [0.1, 0.15) is 0 Å². The number of pyridine rings is 1. The molecule has 1 aromatic rings. The quantitative estimate of drug-likeness (QED) is 0.856. The summed E-state index contributed by atoms with van der Waals surface area (Å²) in [7, 11) is 0. The van der Waals surface area contributed by atoms with E-state index in [9.17, 15) is 4.79 Å². The highest BCUT2D eigenvalue weighted by molar-refractivity contribution is 5.78. The summed E-state index contributed by atoms with van der Waals surface area (Å²) in [5.41, 5.74) is 1.01. The highest BCUT2D eigenvalue weighted by Crippen LogP contribution is 2.30. The molecule has 0 aromatic carbocycles. The molecule has 1 aliphatic carbocycles. The van der Waals surface area contributed by atoms with Crippen molar-refractivity contribution < 1.29 is 4.79 Å². The Bertz CT molecular complexity index is 438. The van der Waals surface area contributed by atoms with Crippen LogP contribution < -0.4 is 5.32 Å². The van der Waals surface area contributed by atoms with Crippen LogP contribution in [0.1, 0.15) is 31.2 Å². The number of aromatic nitrogens is 1. The average Bonchev–Trinajstić information content (AvgIpc) is 3.13. The molecule has 1 N–H and O–H groups in total. The fourth-order valence-electron chi connectivity index (χ4n) is 2.86. The highest BCUT2D eigenvalue weighted by Gasteiger charge is 2.28. The van der Waals surface area contributed by atoms with E-state index in [1.807, 2.05) is 12.1 Å². The minimum Gasteiger partial charge on any atom is -0.341 e. The summed E-state index contributed by atoms with van der Waals surface area (Å²) < 4.78 is 0. The van der Waals surface area contributed by atoms with Crippen LogP contribution in [-0.2, 0) is 11.2 Å². The van der Waals surface area contributed by atoms with E-state index < -0.39 is 0 Å². The predicted molar refractivity (Wildman–Crippen MR) is 78.3 cm³/mol. The van der Waals surface area contributed by atoms with E-state index >= 15 is 0 Å². The molecule has 0 bridgehead atoms. The van der Waals surface area contributed by atoms with Crippen LogP contribution in [0.25, 0.3) is 0 Å². The van der Waals surface area contributed by atoms with Gasteiger partial charge in [-0.15, -0.1) is 0 Å². The molecule has 1 aliphatic heterocycles. The summed E-state index contributed by atoms with van der Waals surface area (Å²) in [5.74, 6) is 0.993. The number of nitrogens with one attached hydrogen (secondary N) is 1. The summed E-state index contributed by atoms with van der Waals surface area (Å²) >= 11 is 0. The van der Waals surface area contributed by atoms with Crippen LogP contribution in [0.3, 0.4) is 0 Å². The number of carbonyl (C=O) groups is 1. The maximum absolute atomic E-state index is 12.5. The molecule has 2 aliphatic rings. The standard InChI is InChI=1S/C16H23N3O/c20-16(9-14-3-1-7-17-10-14)19(11-13-5-6-13)12-15-4-2-8-18-15/h1,3,7,10,13,15,18H,2,4-6,8-9,11-12H2. The molecule has 0 radical (unpaired) electrons. The molecule has 4 heteroatoms. The number of hydrogen-bond acceptors (Lipinski definition) is 3. The van der Waals surface area contributed by atoms with Crippen molar-refractivity contribution in [2.75, 3.05) is 19.6 Å². The fourth-order valence-corrected chi connectivity index (χ4v) is 2.86. The molecule has 1 amide bonds. The third kappa shape index (κ3) is 3.79. The summed E-state index contributed by atoms with van der Waals surface area (Å²) in [6.07, 6.45) is 9.02. The molecule has 1 atom stereocenters. The number of nitrogens with zero attached hydrogens (tertiary/aromatic N) is 2. The monoisotopic (exact) mass is 273 g/mol. The van der Waals surface area contributed by atoms with E-state index in [0.717, 1.165) is 31.1 Å². The van der Waals surface area contributed by atoms with Gasteiger partial charge in [0.05, 0.1) is 6.42 Å². The Morgan fingerprint density at radius 3 is 2.90 bits per heavy atom. The van der Waals surface area contributed by atoms with Crippen molar-refractivity contribution in [2.24, 2.45) is 5.92 Å². The lowest BCUT2D eigenvalue weighted by Crippen LogP contribution is -2.42. The van der Waals surface area contributed by atoms with Gasteiger partial charge in [-0.1, -0.05) is 6.07 Å². The maximum atomic E-state index is 12.5. The first-order chi connectivity index (χ1) is 9.81. The van der Waals surface area contributed by atoms with Crippen molar-refractivity contribution in [2.45, 2.75) is 38.1 Å². The van der Waals surface area contributed by atoms with E-state index in [1.54, 1.807) is 12.4 Å². The first-order valence-electron chi connectivity index (χ1n) is 7.71. The zero-order valence-electron chi connectivity index (χ0n) is 11.9. The number of rotatable bonds is 6. The molecule has 20 heavy (non-hydrogen) atoms. The molecular weight excluding hydrogens is 250 g/mol. The van der Waals surface area contributed by atoms with Crippen molar-refractivity contribution in [3.8, 4) is 0 Å². The predicted octanol–water partition coefficient (Wildman–Crippen LogP) is 1.61. The van der Waals surface area contributed by atoms with Gasteiger partial charge in [-0.25, -0.2) is 0 Å². The van der Waals surface area contributed by atoms with Gasteiger partial charge < -0.3 is 10.2 Å². The Kier molecular flexibility index (Phi) is 4.31. The molecule has 108 valence electrons. The normalized spacial score (nSPS) is 21.9. The summed E-state index contributed by atoms with van der Waals surface area (Å²) in [6, 6.07) is 4.37. The van der Waals surface area contributed by atoms with Gasteiger partial charge in [-0.3, -0.25) is 9.78 Å². The lowest BCUT2D eigenvalue weighted by molar-refractivity contribution is -0.131. The third-order valence-corrected chi connectivity index (χ3v) is 4.21. The fraction of sp³-hybridized carbons (Fsp3) is 0.625. The van der Waals surface area contributed by atoms with Gasteiger partial charge in [-0.2, -0.15) is 0 Å². The van der Waals surface area contributed by atoms with Gasteiger partial charge in [0.15, 0.2) is 0 Å². The molecule has 4 nitrogen and oxygen atoms in total. The van der Waals surface area contributed by atoms with Gasteiger partial charge >= 0.3 is 0 Å². The van der Waals surface area contributed by atoms with E-state index in [2.05, 4.69) is 15.2 Å². The van der Waals surface area contributed by atoms with Crippen molar-refractivity contribution in [3.05, 3.63) is 30.1 Å². The average molecular weight is 273 g/mol. The number of amides is 1. The lowest BCUT2D eigenvalue weighted by atomic mass is 10.1. The van der Waals surface area contributed by atoms with Gasteiger partial charge in [0.2, 0.25) is 5.91 Å². The lowest BCUT2D eigenvalue weighted by Gasteiger charge is -2.26. The molecule has 3 rings (SSSR count). The molecule has 1 unspecified atom stereocenters. The molecule has 1 saturated heterocycles. The van der Waals surface area contributed by atoms with E-state index in [-0.39, 0.29) is 5.91 Å². The second-order valence-electron chi connectivity index (χ2n) is 6.07. The van der Waals surface area contributed by atoms with Crippen LogP contribution in [0, 0.1) is 5.92 Å². The molecule has 1 aromatic heterocycles. The van der Waals surface area contributed by atoms with Gasteiger partial charge in [0.25, 0.3) is 0 Å². The van der Waals surface area contributed by atoms with Crippen molar-refractivity contribution in [3.63, 3.8) is 0 Å². The molecule has 2 fully saturated rings. The van der Waals surface area contributed by atoms with E-state index in [1.165, 1.54) is 25.7 Å². The van der Waals surface area contributed by atoms with Crippen LogP contribution in [0.15, 0.2) is 24.5 Å². The maximum Gasteiger partial charge on any atom is 0.227 e. The van der Waals surface area contributed by atoms with Crippen LogP contribution in [0.2, 0.25) is 0 Å². The Hall–Kier alpha value is -1.42. The Labute approximate surface area is 120 Å². The zero-order chi connectivity index (χ0) is 13.8. The summed E-state index contributed by atoms with van der Waals surface area (Å²) in [4.78, 5) is 18.7. The van der Waals surface area contributed by atoms with Gasteiger partial charge in [-0.05, 0) is 49.8 Å². The van der Waals surface area contributed by atoms with E-state index in [4.69, 9.17) is 0 Å². The molecule has 2 heterocycles. The molecule has 0 spiro atoms. The van der Waals surface area contributed by atoms with Crippen LogP contribution >= 0.6 is 0 Å². The summed E-state index contributed by atoms with van der Waals surface area (Å²) in [6.45, 7) is 2.91. The third-order valence-electron chi connectivity index (χ3n) is 4.21. The molecule has 1 saturated carbocycles. The first-order valence-corrected chi connectivity index (χ1v) is 7.71. The zero-order valence-corrected chi connectivity index (χ0v) is 11.9. The Balaban J connectivity index is 1.59. The highest BCUT2D eigenvalue weighted by atomic mass is 16.2. The van der Waals surface area contributed by atoms with Crippen LogP contribution in [0.4, 0.5) is 0 Å². The minimum absolute atomic E-state index is 0.249. The Morgan fingerprint density at radius 1 is 1.35 bits per heavy atom. The number of carbonyl (C=O) groups excluding carboxylic acids is 1. The number of hydrogen-bond donors (Lipinski definition) is 1. The summed E-state index contributed by atoms with van der Waals surface area (Å²) in [5, 5.41) is 3.49. The SMILES string of the molecule is O=C(Cc1cccnc1)N(CC1CC1)CC1CCCN1. The van der Waals surface area contributed by atoms with Crippen molar-refractivity contribution in [1.82, 2.24) is 15.2 Å². The van der Waals surface area contributed by atoms with Crippen LogP contribution in [0.5, 0.6) is 0 Å². The van der Waals surface area contributed by atoms with Crippen LogP contribution in [-0.4, -0.2) is 41.5 Å². The second-order valence-corrected chi connectivity index (χ2v) is 6.07. The van der Waals surface area contributed by atoms with Crippen molar-refractivity contribution >= 4 is 5.91 Å². The minimum atomic E-state index is 0.249. The van der Waals surface area contributed by atoms with Crippen molar-refractivity contribution in [1.29, 1.82) is 0 Å². The first kappa shape index (κ1) is 13.6. The smallest absolute Gasteiger partial charge is 0.227 e. The Morgan fingerprint density at radius 2 is 2.25 bits per heavy atom.